The maximum Gasteiger partial charge on any atom is 0.490 e. The summed E-state index contributed by atoms with van der Waals surface area (Å²) in [6.07, 6.45) is -2.21. The molecular weight excluding hydrogens is 507 g/mol. The van der Waals surface area contributed by atoms with Gasteiger partial charge in [-0.15, -0.1) is 0 Å². The number of aliphatic hydroxyl groups excluding tert-OH is 2. The van der Waals surface area contributed by atoms with Gasteiger partial charge < -0.3 is 45.2 Å². The van der Waals surface area contributed by atoms with Crippen molar-refractivity contribution in [2.24, 2.45) is 0 Å². The van der Waals surface area contributed by atoms with Crippen LogP contribution in [0.1, 0.15) is 13.2 Å². The van der Waals surface area contributed by atoms with Gasteiger partial charge in [-0.05, 0) is 6.92 Å². The van der Waals surface area contributed by atoms with Gasteiger partial charge in [0.25, 0.3) is 5.56 Å². The molecule has 3 rings (SSSR count). The van der Waals surface area contributed by atoms with Crippen molar-refractivity contribution in [3.8, 4) is 0 Å². The lowest BCUT2D eigenvalue weighted by molar-refractivity contribution is -0.0299. The molecule has 19 nitrogen and oxygen atoms in total. The van der Waals surface area contributed by atoms with E-state index in [0.717, 1.165) is 0 Å². The van der Waals surface area contributed by atoms with Crippen molar-refractivity contribution in [3.05, 3.63) is 16.7 Å². The minimum absolute atomic E-state index is 0.0552. The topological polar surface area (TPSA) is 310 Å². The van der Waals surface area contributed by atoms with Crippen LogP contribution in [0.15, 0.2) is 11.1 Å². The van der Waals surface area contributed by atoms with Gasteiger partial charge in [0, 0.05) is 0 Å². The Labute approximate surface area is 176 Å². The fourth-order valence-electron chi connectivity index (χ4n) is 2.47. The second kappa shape index (κ2) is 9.36. The molecule has 0 unspecified atom stereocenters. The molecule has 0 aromatic carbocycles. The van der Waals surface area contributed by atoms with Crippen LogP contribution in [-0.4, -0.2) is 72.5 Å². The van der Waals surface area contributed by atoms with E-state index in [4.69, 9.17) is 34.9 Å². The molecule has 2 aromatic rings. The summed E-state index contributed by atoms with van der Waals surface area (Å²) in [6, 6.07) is 0. The smallest absolute Gasteiger partial charge is 0.388 e. The van der Waals surface area contributed by atoms with Gasteiger partial charge in [-0.3, -0.25) is 14.3 Å². The molecule has 0 bridgehead atoms. The van der Waals surface area contributed by atoms with Crippen molar-refractivity contribution in [1.29, 1.82) is 0 Å². The van der Waals surface area contributed by atoms with Crippen molar-refractivity contribution >= 4 is 40.6 Å². The summed E-state index contributed by atoms with van der Waals surface area (Å²) in [5, 5.41) is 19.6. The summed E-state index contributed by atoms with van der Waals surface area (Å²) in [7, 11) is -16.2. The van der Waals surface area contributed by atoms with E-state index in [0.29, 0.717) is 0 Å². The second-order valence-corrected chi connectivity index (χ2v) is 10.3. The van der Waals surface area contributed by atoms with Gasteiger partial charge in [-0.2, -0.15) is 13.6 Å². The first-order valence-electron chi connectivity index (χ1n) is 8.00. The lowest BCUT2D eigenvalue weighted by Crippen LogP contribution is -2.30. The van der Waals surface area contributed by atoms with Crippen molar-refractivity contribution in [1.82, 2.24) is 19.5 Å². The quantitative estimate of drug-likeness (QED) is 0.184. The Morgan fingerprint density at radius 2 is 1.62 bits per heavy atom. The monoisotopic (exact) mass is 525 g/mol. The summed E-state index contributed by atoms with van der Waals surface area (Å²) < 4.78 is 43.2. The Kier molecular flexibility index (Phi) is 7.81. The number of rotatable bonds is 5. The number of ether oxygens (including phenoxy) is 1. The summed E-state index contributed by atoms with van der Waals surface area (Å²) in [4.78, 5) is 62.1. The van der Waals surface area contributed by atoms with E-state index in [1.807, 2.05) is 0 Å². The SMILES string of the molecule is C[C@H]1O[C@@H](n2cnc3c(=O)[nH]c(N)nc32)[C@H](O)[C@@H]1O.O=P(O)(O)OP(=O)(O)OP(=O)(O)O. The van der Waals surface area contributed by atoms with E-state index < -0.39 is 53.6 Å². The molecule has 10 N–H and O–H groups in total. The normalized spacial score (nSPS) is 24.4. The van der Waals surface area contributed by atoms with Gasteiger partial charge >= 0.3 is 23.5 Å². The number of nitrogens with two attached hydrogens (primary N) is 1. The van der Waals surface area contributed by atoms with Gasteiger partial charge in [-0.25, -0.2) is 18.7 Å². The Hall–Kier alpha value is -1.56. The average Bonchev–Trinajstić information content (AvgIpc) is 3.07. The van der Waals surface area contributed by atoms with Gasteiger partial charge in [0.2, 0.25) is 5.95 Å². The fraction of sp³-hybridized carbons (Fsp3) is 0.500. The number of nitrogen functional groups attached to an aromatic ring is 1. The van der Waals surface area contributed by atoms with Crippen LogP contribution in [0.4, 0.5) is 5.95 Å². The van der Waals surface area contributed by atoms with Crippen LogP contribution in [-0.2, 0) is 27.1 Å². The number of H-pyrrole nitrogens is 1. The van der Waals surface area contributed by atoms with E-state index in [9.17, 15) is 28.7 Å². The lowest BCUT2D eigenvalue weighted by Gasteiger charge is -2.16. The first-order valence-corrected chi connectivity index (χ1v) is 12.6. The molecule has 2 aromatic heterocycles. The van der Waals surface area contributed by atoms with Crippen molar-refractivity contribution in [2.75, 3.05) is 5.73 Å². The van der Waals surface area contributed by atoms with Crippen LogP contribution in [0.2, 0.25) is 0 Å². The zero-order valence-electron chi connectivity index (χ0n) is 15.6. The molecule has 0 saturated carbocycles. The molecule has 1 aliphatic rings. The standard InChI is InChI=1S/C10H13N5O4.H5O10P3/c1-3-5(16)6(17)9(19-3)15-2-12-4-7(15)13-10(11)14-8(4)18;1-11(2,3)9-13(7,8)10-12(4,5)6/h2-3,5-6,9,16-17H,1H3,(H3,11,13,14,18);(H,7,8)(H2,1,2,3)(H2,4,5,6)/t3-,5-,6-,9-;/m1./s1. The van der Waals surface area contributed by atoms with Crippen molar-refractivity contribution < 1.29 is 61.7 Å². The molecule has 32 heavy (non-hydrogen) atoms. The Bertz CT molecular complexity index is 1140. The van der Waals surface area contributed by atoms with E-state index in [1.165, 1.54) is 10.9 Å². The van der Waals surface area contributed by atoms with Crippen LogP contribution in [0.25, 0.3) is 11.2 Å². The first-order chi connectivity index (χ1) is 14.4. The third-order valence-electron chi connectivity index (χ3n) is 3.62. The number of nitrogens with zero attached hydrogens (tertiary/aromatic N) is 3. The number of fused-ring (bicyclic) bond motifs is 1. The second-order valence-electron chi connectivity index (χ2n) is 6.10. The highest BCUT2D eigenvalue weighted by atomic mass is 31.3. The highest BCUT2D eigenvalue weighted by Gasteiger charge is 2.42. The van der Waals surface area contributed by atoms with E-state index in [2.05, 4.69) is 23.6 Å². The van der Waals surface area contributed by atoms with Crippen molar-refractivity contribution in [3.63, 3.8) is 0 Å². The highest BCUT2D eigenvalue weighted by molar-refractivity contribution is 7.66. The lowest BCUT2D eigenvalue weighted by atomic mass is 10.1. The number of hydrogen-bond acceptors (Lipinski definition) is 12. The van der Waals surface area contributed by atoms with Crippen LogP contribution in [0.5, 0.6) is 0 Å². The van der Waals surface area contributed by atoms with Gasteiger partial charge in [0.05, 0.1) is 12.4 Å². The Balaban J connectivity index is 0.000000247. The van der Waals surface area contributed by atoms with Gasteiger partial charge in [0.1, 0.15) is 12.2 Å². The van der Waals surface area contributed by atoms with Crippen LogP contribution >= 0.6 is 23.5 Å². The number of phosphoric acid groups is 3. The summed E-state index contributed by atoms with van der Waals surface area (Å²) in [6.45, 7) is 1.64. The molecule has 22 heteroatoms. The van der Waals surface area contributed by atoms with Crippen molar-refractivity contribution in [2.45, 2.75) is 31.5 Å². The molecule has 1 saturated heterocycles. The van der Waals surface area contributed by atoms with Gasteiger partial charge in [-0.1, -0.05) is 0 Å². The minimum atomic E-state index is -5.46. The number of aliphatic hydroxyl groups is 2. The third-order valence-corrected chi connectivity index (χ3v) is 6.97. The van der Waals surface area contributed by atoms with Crippen LogP contribution in [0, 0.1) is 0 Å². The molecule has 1 aliphatic heterocycles. The van der Waals surface area contributed by atoms with Crippen LogP contribution in [0.3, 0.4) is 0 Å². The molecule has 0 aliphatic carbocycles. The van der Waals surface area contributed by atoms with Gasteiger partial charge in [0.15, 0.2) is 17.4 Å². The number of anilines is 1. The summed E-state index contributed by atoms with van der Waals surface area (Å²) in [5.41, 5.74) is 5.31. The zero-order valence-corrected chi connectivity index (χ0v) is 18.3. The molecule has 4 atom stereocenters. The number of aromatic nitrogens is 4. The third kappa shape index (κ3) is 6.97. The molecule has 0 radical (unpaired) electrons. The van der Waals surface area contributed by atoms with Crippen LogP contribution < -0.4 is 11.3 Å². The first kappa shape index (κ1) is 26.7. The van der Waals surface area contributed by atoms with E-state index in [-0.39, 0.29) is 17.1 Å². The summed E-state index contributed by atoms with van der Waals surface area (Å²) in [5.74, 6) is -0.0552. The number of nitrogens with one attached hydrogen (secondary N) is 1. The largest absolute Gasteiger partial charge is 0.490 e. The molecule has 0 amide bonds. The molecule has 0 spiro atoms. The maximum absolute atomic E-state index is 11.6. The predicted molar refractivity (Wildman–Crippen MR) is 100 cm³/mol. The van der Waals surface area contributed by atoms with E-state index >= 15 is 0 Å². The zero-order chi connectivity index (χ0) is 24.6. The molecule has 182 valence electrons. The van der Waals surface area contributed by atoms with E-state index in [1.54, 1.807) is 6.92 Å². The number of imidazole rings is 1. The number of hydrogen-bond donors (Lipinski definition) is 9. The fourth-order valence-corrected chi connectivity index (χ4v) is 5.01. The Morgan fingerprint density at radius 3 is 2.06 bits per heavy atom. The minimum Gasteiger partial charge on any atom is -0.388 e. The molecule has 3 heterocycles. The number of aromatic amines is 1. The highest BCUT2D eigenvalue weighted by Crippen LogP contribution is 2.64. The molecular formula is C10H18N5O14P3. The summed E-state index contributed by atoms with van der Waals surface area (Å²) >= 11 is 0. The maximum atomic E-state index is 11.6. The molecule has 1 fully saturated rings. The average molecular weight is 525 g/mol. The predicted octanol–water partition coefficient (Wildman–Crippen LogP) is -2.35. The Morgan fingerprint density at radius 1 is 1.09 bits per heavy atom.